The van der Waals surface area contributed by atoms with Gasteiger partial charge in [0, 0.05) is 5.02 Å². The summed E-state index contributed by atoms with van der Waals surface area (Å²) >= 11 is 12.5. The molecule has 1 heterocycles. The summed E-state index contributed by atoms with van der Waals surface area (Å²) in [5.41, 5.74) is 2.72. The molecule has 31 heavy (non-hydrogen) atoms. The van der Waals surface area contributed by atoms with Crippen molar-refractivity contribution in [2.24, 2.45) is 0 Å². The lowest BCUT2D eigenvalue weighted by Crippen LogP contribution is -2.27. The van der Waals surface area contributed by atoms with Gasteiger partial charge in [-0.25, -0.2) is 4.39 Å². The molecular weight excluding hydrogens is 453 g/mol. The second-order valence-electron chi connectivity index (χ2n) is 6.88. The van der Waals surface area contributed by atoms with Crippen molar-refractivity contribution in [3.05, 3.63) is 105 Å². The summed E-state index contributed by atoms with van der Waals surface area (Å²) in [5.74, 6) is 0.271. The molecule has 3 aromatic carbocycles. The zero-order valence-corrected chi connectivity index (χ0v) is 18.6. The Morgan fingerprint density at radius 2 is 1.61 bits per heavy atom. The fraction of sp³-hybridized carbons (Fsp3) is 0.0833. The first-order chi connectivity index (χ1) is 15.0. The van der Waals surface area contributed by atoms with Crippen molar-refractivity contribution in [3.8, 4) is 5.75 Å². The number of thiocarbonyl (C=S) groups is 1. The highest BCUT2D eigenvalue weighted by atomic mass is 35.5. The molecule has 1 aliphatic rings. The number of hydrogen-bond acceptors (Lipinski definition) is 4. The standard InChI is InChI=1S/C24H17ClFNO2S2/c25-19-7-1-18(2-8-19)15-29-21-11-5-16(6-12-21)13-22-23(28)27(24(30)31-22)14-17-3-9-20(26)10-4-17/h1-13H,14-15H2. The number of nitrogens with zero attached hydrogens (tertiary/aromatic N) is 1. The normalized spacial score (nSPS) is 15.0. The fourth-order valence-electron chi connectivity index (χ4n) is 2.97. The van der Waals surface area contributed by atoms with Crippen LogP contribution >= 0.6 is 35.6 Å². The van der Waals surface area contributed by atoms with E-state index in [2.05, 4.69) is 0 Å². The number of benzene rings is 3. The van der Waals surface area contributed by atoms with Crippen LogP contribution in [0.3, 0.4) is 0 Å². The van der Waals surface area contributed by atoms with Gasteiger partial charge in [0.05, 0.1) is 11.4 Å². The van der Waals surface area contributed by atoms with Crippen molar-refractivity contribution < 1.29 is 13.9 Å². The summed E-state index contributed by atoms with van der Waals surface area (Å²) in [6.07, 6.45) is 1.81. The van der Waals surface area contributed by atoms with E-state index < -0.39 is 0 Å². The first-order valence-corrected chi connectivity index (χ1v) is 11.1. The molecule has 1 amide bonds. The molecule has 7 heteroatoms. The highest BCUT2D eigenvalue weighted by Crippen LogP contribution is 2.33. The minimum absolute atomic E-state index is 0.151. The molecule has 4 rings (SSSR count). The lowest BCUT2D eigenvalue weighted by atomic mass is 10.2. The number of halogens is 2. The predicted octanol–water partition coefficient (Wildman–Crippen LogP) is 6.46. The minimum Gasteiger partial charge on any atom is -0.489 e. The summed E-state index contributed by atoms with van der Waals surface area (Å²) in [5, 5.41) is 0.691. The van der Waals surface area contributed by atoms with Crippen molar-refractivity contribution in [3.63, 3.8) is 0 Å². The van der Waals surface area contributed by atoms with E-state index in [1.54, 1.807) is 12.1 Å². The Bertz CT molecular complexity index is 1130. The van der Waals surface area contributed by atoms with Gasteiger partial charge in [0.25, 0.3) is 5.91 Å². The van der Waals surface area contributed by atoms with E-state index >= 15 is 0 Å². The number of thioether (sulfide) groups is 1. The van der Waals surface area contributed by atoms with Gasteiger partial charge in [-0.2, -0.15) is 0 Å². The molecule has 1 saturated heterocycles. The van der Waals surface area contributed by atoms with E-state index in [4.69, 9.17) is 28.6 Å². The van der Waals surface area contributed by atoms with Gasteiger partial charge in [-0.15, -0.1) is 0 Å². The number of ether oxygens (including phenoxy) is 1. The average molecular weight is 470 g/mol. The summed E-state index contributed by atoms with van der Waals surface area (Å²) < 4.78 is 19.4. The molecule has 1 aliphatic heterocycles. The smallest absolute Gasteiger partial charge is 0.266 e. The Hall–Kier alpha value is -2.67. The van der Waals surface area contributed by atoms with Crippen LogP contribution in [0.5, 0.6) is 5.75 Å². The highest BCUT2D eigenvalue weighted by molar-refractivity contribution is 8.26. The summed E-state index contributed by atoms with van der Waals surface area (Å²) in [6, 6.07) is 21.1. The van der Waals surface area contributed by atoms with E-state index in [1.165, 1.54) is 28.8 Å². The lowest BCUT2D eigenvalue weighted by molar-refractivity contribution is -0.122. The Kier molecular flexibility index (Phi) is 6.70. The Morgan fingerprint density at radius 1 is 0.968 bits per heavy atom. The minimum atomic E-state index is -0.311. The maximum Gasteiger partial charge on any atom is 0.266 e. The average Bonchev–Trinajstić information content (AvgIpc) is 3.03. The van der Waals surface area contributed by atoms with Gasteiger partial charge < -0.3 is 4.74 Å². The molecule has 156 valence electrons. The number of carbonyl (C=O) groups excluding carboxylic acids is 1. The van der Waals surface area contributed by atoms with E-state index in [-0.39, 0.29) is 11.7 Å². The van der Waals surface area contributed by atoms with Crippen molar-refractivity contribution >= 4 is 51.9 Å². The molecule has 0 unspecified atom stereocenters. The second-order valence-corrected chi connectivity index (χ2v) is 8.99. The third kappa shape index (κ3) is 5.53. The fourth-order valence-corrected chi connectivity index (χ4v) is 4.35. The van der Waals surface area contributed by atoms with Gasteiger partial charge in [0.1, 0.15) is 22.5 Å². The van der Waals surface area contributed by atoms with Crippen molar-refractivity contribution in [2.75, 3.05) is 0 Å². The van der Waals surface area contributed by atoms with Gasteiger partial charge in [-0.05, 0) is 59.2 Å². The van der Waals surface area contributed by atoms with Crippen LogP contribution in [0.25, 0.3) is 6.08 Å². The monoisotopic (exact) mass is 469 g/mol. The summed E-state index contributed by atoms with van der Waals surface area (Å²) in [4.78, 5) is 14.9. The molecule has 0 aliphatic carbocycles. The van der Waals surface area contributed by atoms with E-state index in [9.17, 15) is 9.18 Å². The van der Waals surface area contributed by atoms with Crippen LogP contribution < -0.4 is 4.74 Å². The molecular formula is C24H17ClFNO2S2. The summed E-state index contributed by atoms with van der Waals surface area (Å²) in [7, 11) is 0. The maximum atomic E-state index is 13.1. The Labute approximate surface area is 194 Å². The van der Waals surface area contributed by atoms with E-state index in [0.29, 0.717) is 27.4 Å². The predicted molar refractivity (Wildman–Crippen MR) is 127 cm³/mol. The zero-order valence-electron chi connectivity index (χ0n) is 16.3. The van der Waals surface area contributed by atoms with Crippen molar-refractivity contribution in [1.29, 1.82) is 0 Å². The van der Waals surface area contributed by atoms with Gasteiger partial charge in [-0.1, -0.05) is 72.0 Å². The van der Waals surface area contributed by atoms with Crippen LogP contribution in [0.4, 0.5) is 4.39 Å². The largest absolute Gasteiger partial charge is 0.489 e. The molecule has 0 N–H and O–H groups in total. The molecule has 3 nitrogen and oxygen atoms in total. The lowest BCUT2D eigenvalue weighted by Gasteiger charge is -2.14. The second kappa shape index (κ2) is 9.64. The van der Waals surface area contributed by atoms with Crippen LogP contribution in [0.15, 0.2) is 77.7 Å². The quantitative estimate of drug-likeness (QED) is 0.306. The Balaban J connectivity index is 1.39. The molecule has 1 fully saturated rings. The number of amides is 1. The third-order valence-electron chi connectivity index (χ3n) is 4.62. The van der Waals surface area contributed by atoms with Crippen LogP contribution in [-0.2, 0) is 17.9 Å². The van der Waals surface area contributed by atoms with Gasteiger partial charge in [-0.3, -0.25) is 9.69 Å². The summed E-state index contributed by atoms with van der Waals surface area (Å²) in [6.45, 7) is 0.762. The number of hydrogen-bond donors (Lipinski definition) is 0. The topological polar surface area (TPSA) is 29.5 Å². The molecule has 0 atom stereocenters. The molecule has 0 spiro atoms. The van der Waals surface area contributed by atoms with Crippen LogP contribution in [0.1, 0.15) is 16.7 Å². The Morgan fingerprint density at radius 3 is 2.29 bits per heavy atom. The van der Waals surface area contributed by atoms with Crippen molar-refractivity contribution in [1.82, 2.24) is 4.90 Å². The molecule has 0 bridgehead atoms. The van der Waals surface area contributed by atoms with E-state index in [0.717, 1.165) is 22.4 Å². The first kappa shape index (κ1) is 21.6. The number of carbonyl (C=O) groups is 1. The molecule has 3 aromatic rings. The molecule has 0 radical (unpaired) electrons. The first-order valence-electron chi connectivity index (χ1n) is 9.45. The van der Waals surface area contributed by atoms with Gasteiger partial charge >= 0.3 is 0 Å². The molecule has 0 aromatic heterocycles. The van der Waals surface area contributed by atoms with Crippen LogP contribution in [0, 0.1) is 5.82 Å². The SMILES string of the molecule is O=C1C(=Cc2ccc(OCc3ccc(Cl)cc3)cc2)SC(=S)N1Cc1ccc(F)cc1. The maximum absolute atomic E-state index is 13.1. The van der Waals surface area contributed by atoms with Crippen LogP contribution in [-0.4, -0.2) is 15.1 Å². The van der Waals surface area contributed by atoms with Crippen LogP contribution in [0.2, 0.25) is 5.02 Å². The highest BCUT2D eigenvalue weighted by Gasteiger charge is 2.31. The van der Waals surface area contributed by atoms with Gasteiger partial charge in [0.15, 0.2) is 0 Å². The van der Waals surface area contributed by atoms with Gasteiger partial charge in [0.2, 0.25) is 0 Å². The third-order valence-corrected chi connectivity index (χ3v) is 6.25. The zero-order chi connectivity index (χ0) is 21.8. The number of rotatable bonds is 6. The molecule has 0 saturated carbocycles. The van der Waals surface area contributed by atoms with E-state index in [1.807, 2.05) is 54.6 Å². The van der Waals surface area contributed by atoms with Crippen molar-refractivity contribution in [2.45, 2.75) is 13.2 Å².